The average Bonchev–Trinajstić information content (AvgIpc) is 3.06. The van der Waals surface area contributed by atoms with Crippen molar-refractivity contribution in [3.05, 3.63) is 29.8 Å². The molecule has 8 heteroatoms. The van der Waals surface area contributed by atoms with Crippen LogP contribution in [0.2, 0.25) is 0 Å². The SMILES string of the molecule is Cl.N#Cc1cccc(S(=O)(=O)N2CCC(N3CCNCC3)C2)c1. The molecule has 126 valence electrons. The van der Waals surface area contributed by atoms with E-state index in [0.717, 1.165) is 32.6 Å². The predicted molar refractivity (Wildman–Crippen MR) is 90.0 cm³/mol. The smallest absolute Gasteiger partial charge is 0.243 e. The Balaban J connectivity index is 0.00000192. The molecule has 2 aliphatic rings. The Morgan fingerprint density at radius 2 is 1.96 bits per heavy atom. The molecule has 0 saturated carbocycles. The normalized spacial score (nSPS) is 23.2. The van der Waals surface area contributed by atoms with E-state index >= 15 is 0 Å². The van der Waals surface area contributed by atoms with E-state index in [1.807, 2.05) is 6.07 Å². The molecule has 0 aliphatic carbocycles. The molecule has 23 heavy (non-hydrogen) atoms. The van der Waals surface area contributed by atoms with E-state index in [1.54, 1.807) is 22.5 Å². The van der Waals surface area contributed by atoms with Crippen molar-refractivity contribution in [2.45, 2.75) is 17.4 Å². The second kappa shape index (κ2) is 7.60. The molecule has 1 aromatic carbocycles. The van der Waals surface area contributed by atoms with Gasteiger partial charge in [0, 0.05) is 45.3 Å². The average molecular weight is 357 g/mol. The Kier molecular flexibility index (Phi) is 6.00. The van der Waals surface area contributed by atoms with Gasteiger partial charge in [-0.1, -0.05) is 6.07 Å². The van der Waals surface area contributed by atoms with Crippen LogP contribution in [0.4, 0.5) is 0 Å². The van der Waals surface area contributed by atoms with Gasteiger partial charge in [0.15, 0.2) is 0 Å². The number of nitrogens with zero attached hydrogens (tertiary/aromatic N) is 3. The molecule has 2 saturated heterocycles. The first-order valence-corrected chi connectivity index (χ1v) is 9.00. The number of nitriles is 1. The van der Waals surface area contributed by atoms with Crippen LogP contribution in [0.15, 0.2) is 29.2 Å². The number of piperazine rings is 1. The summed E-state index contributed by atoms with van der Waals surface area (Å²) in [5.41, 5.74) is 0.374. The molecule has 2 fully saturated rings. The highest BCUT2D eigenvalue weighted by Crippen LogP contribution is 2.24. The molecule has 0 aromatic heterocycles. The molecule has 0 spiro atoms. The molecular formula is C15H21ClN4O2S. The summed E-state index contributed by atoms with van der Waals surface area (Å²) in [4.78, 5) is 2.59. The molecule has 0 amide bonds. The zero-order chi connectivity index (χ0) is 15.6. The molecule has 2 heterocycles. The van der Waals surface area contributed by atoms with Crippen LogP contribution in [0.3, 0.4) is 0 Å². The van der Waals surface area contributed by atoms with Crippen LogP contribution in [0.1, 0.15) is 12.0 Å². The van der Waals surface area contributed by atoms with E-state index in [2.05, 4.69) is 10.2 Å². The molecule has 1 aromatic rings. The fourth-order valence-electron chi connectivity index (χ4n) is 3.15. The van der Waals surface area contributed by atoms with Crippen molar-refractivity contribution in [1.29, 1.82) is 5.26 Å². The van der Waals surface area contributed by atoms with Gasteiger partial charge in [0.1, 0.15) is 0 Å². The summed E-state index contributed by atoms with van der Waals surface area (Å²) in [6, 6.07) is 8.55. The molecule has 1 atom stereocenters. The van der Waals surface area contributed by atoms with Gasteiger partial charge in [-0.2, -0.15) is 9.57 Å². The van der Waals surface area contributed by atoms with Gasteiger partial charge < -0.3 is 5.32 Å². The molecule has 6 nitrogen and oxygen atoms in total. The maximum atomic E-state index is 12.7. The molecule has 0 bridgehead atoms. The largest absolute Gasteiger partial charge is 0.314 e. The number of benzene rings is 1. The van der Waals surface area contributed by atoms with Gasteiger partial charge in [-0.3, -0.25) is 4.90 Å². The fraction of sp³-hybridized carbons (Fsp3) is 0.533. The van der Waals surface area contributed by atoms with Crippen molar-refractivity contribution in [3.63, 3.8) is 0 Å². The van der Waals surface area contributed by atoms with Crippen molar-refractivity contribution in [1.82, 2.24) is 14.5 Å². The minimum absolute atomic E-state index is 0. The van der Waals surface area contributed by atoms with E-state index in [0.29, 0.717) is 24.7 Å². The Labute approximate surface area is 143 Å². The summed E-state index contributed by atoms with van der Waals surface area (Å²) in [7, 11) is -3.50. The van der Waals surface area contributed by atoms with E-state index in [4.69, 9.17) is 5.26 Å². The maximum absolute atomic E-state index is 12.7. The molecule has 1 unspecified atom stereocenters. The zero-order valence-corrected chi connectivity index (χ0v) is 14.4. The fourth-order valence-corrected chi connectivity index (χ4v) is 4.69. The predicted octanol–water partition coefficient (Wildman–Crippen LogP) is 0.648. The molecule has 2 aliphatic heterocycles. The van der Waals surface area contributed by atoms with Gasteiger partial charge in [0.2, 0.25) is 10.0 Å². The lowest BCUT2D eigenvalue weighted by Crippen LogP contribution is -2.49. The lowest BCUT2D eigenvalue weighted by molar-refractivity contribution is 0.179. The number of halogens is 1. The number of hydrogen-bond donors (Lipinski definition) is 1. The van der Waals surface area contributed by atoms with Crippen LogP contribution in [-0.4, -0.2) is 62.9 Å². The third-order valence-corrected chi connectivity index (χ3v) is 6.26. The highest BCUT2D eigenvalue weighted by Gasteiger charge is 2.35. The third kappa shape index (κ3) is 3.84. The Morgan fingerprint density at radius 1 is 1.22 bits per heavy atom. The van der Waals surface area contributed by atoms with Gasteiger partial charge in [-0.05, 0) is 24.6 Å². The number of sulfonamides is 1. The number of rotatable bonds is 3. The zero-order valence-electron chi connectivity index (χ0n) is 12.8. The van der Waals surface area contributed by atoms with Gasteiger partial charge in [-0.15, -0.1) is 12.4 Å². The summed E-state index contributed by atoms with van der Waals surface area (Å²) in [5, 5.41) is 12.2. The van der Waals surface area contributed by atoms with Crippen LogP contribution in [0.25, 0.3) is 0 Å². The van der Waals surface area contributed by atoms with Crippen molar-refractivity contribution in [2.75, 3.05) is 39.3 Å². The first-order valence-electron chi connectivity index (χ1n) is 7.56. The highest BCUT2D eigenvalue weighted by molar-refractivity contribution is 7.89. The Hall–Kier alpha value is -1.17. The number of nitrogens with one attached hydrogen (secondary N) is 1. The summed E-state index contributed by atoms with van der Waals surface area (Å²) in [6.07, 6.45) is 0.872. The van der Waals surface area contributed by atoms with Crippen molar-refractivity contribution >= 4 is 22.4 Å². The minimum Gasteiger partial charge on any atom is -0.314 e. The first kappa shape index (κ1) is 18.2. The van der Waals surface area contributed by atoms with Crippen LogP contribution in [-0.2, 0) is 10.0 Å². The van der Waals surface area contributed by atoms with Gasteiger partial charge in [0.05, 0.1) is 16.5 Å². The highest BCUT2D eigenvalue weighted by atomic mass is 35.5. The Morgan fingerprint density at radius 3 is 2.65 bits per heavy atom. The van der Waals surface area contributed by atoms with Crippen molar-refractivity contribution in [2.24, 2.45) is 0 Å². The van der Waals surface area contributed by atoms with Crippen LogP contribution in [0.5, 0.6) is 0 Å². The van der Waals surface area contributed by atoms with Crippen LogP contribution in [0, 0.1) is 11.3 Å². The summed E-state index contributed by atoms with van der Waals surface area (Å²) >= 11 is 0. The second-order valence-electron chi connectivity index (χ2n) is 5.73. The van der Waals surface area contributed by atoms with Crippen molar-refractivity contribution in [3.8, 4) is 6.07 Å². The van der Waals surface area contributed by atoms with Gasteiger partial charge in [-0.25, -0.2) is 8.42 Å². The van der Waals surface area contributed by atoms with Crippen LogP contribution >= 0.6 is 12.4 Å². The molecule has 0 radical (unpaired) electrons. The summed E-state index contributed by atoms with van der Waals surface area (Å²) in [6.45, 7) is 4.97. The lowest BCUT2D eigenvalue weighted by atomic mass is 10.2. The van der Waals surface area contributed by atoms with Crippen molar-refractivity contribution < 1.29 is 8.42 Å². The van der Waals surface area contributed by atoms with E-state index < -0.39 is 10.0 Å². The number of hydrogen-bond acceptors (Lipinski definition) is 5. The van der Waals surface area contributed by atoms with Gasteiger partial charge in [0.25, 0.3) is 0 Å². The van der Waals surface area contributed by atoms with E-state index in [-0.39, 0.29) is 17.3 Å². The topological polar surface area (TPSA) is 76.4 Å². The Bertz CT molecular complexity index is 683. The standard InChI is InChI=1S/C15H20N4O2S.ClH/c16-11-13-2-1-3-15(10-13)22(20,21)19-7-4-14(12-19)18-8-5-17-6-9-18;/h1-3,10,14,17H,4-9,12H2;1H. The first-order chi connectivity index (χ1) is 10.6. The second-order valence-corrected chi connectivity index (χ2v) is 7.67. The third-order valence-electron chi connectivity index (χ3n) is 4.40. The van der Waals surface area contributed by atoms with Gasteiger partial charge >= 0.3 is 0 Å². The minimum atomic E-state index is -3.50. The summed E-state index contributed by atoms with van der Waals surface area (Å²) in [5.74, 6) is 0. The van der Waals surface area contributed by atoms with E-state index in [1.165, 1.54) is 6.07 Å². The molecular weight excluding hydrogens is 336 g/mol. The quantitative estimate of drug-likeness (QED) is 0.860. The monoisotopic (exact) mass is 356 g/mol. The molecule has 3 rings (SSSR count). The lowest BCUT2D eigenvalue weighted by Gasteiger charge is -2.32. The maximum Gasteiger partial charge on any atom is 0.243 e. The summed E-state index contributed by atoms with van der Waals surface area (Å²) < 4.78 is 27.0. The van der Waals surface area contributed by atoms with Crippen LogP contribution < -0.4 is 5.32 Å². The van der Waals surface area contributed by atoms with E-state index in [9.17, 15) is 8.42 Å². The molecule has 1 N–H and O–H groups in total.